The van der Waals surface area contributed by atoms with Crippen molar-refractivity contribution in [3.05, 3.63) is 18.2 Å². The fourth-order valence-electron chi connectivity index (χ4n) is 2.71. The molecule has 0 aliphatic carbocycles. The monoisotopic (exact) mass is 405 g/mol. The summed E-state index contributed by atoms with van der Waals surface area (Å²) in [6.45, 7) is 5.03. The van der Waals surface area contributed by atoms with Gasteiger partial charge in [0.2, 0.25) is 15.9 Å². The molecule has 1 saturated heterocycles. The second-order valence-electron chi connectivity index (χ2n) is 6.27. The molecular formula is C17H28ClN3O4S. The molecule has 9 heteroatoms. The van der Waals surface area contributed by atoms with Crippen LogP contribution in [0.15, 0.2) is 23.1 Å². The number of nitrogens with zero attached hydrogens (tertiary/aromatic N) is 1. The highest BCUT2D eigenvalue weighted by molar-refractivity contribution is 7.89. The number of rotatable bonds is 8. The van der Waals surface area contributed by atoms with Crippen LogP contribution in [0.5, 0.6) is 5.75 Å². The van der Waals surface area contributed by atoms with Crippen molar-refractivity contribution in [2.24, 2.45) is 5.73 Å². The summed E-state index contributed by atoms with van der Waals surface area (Å²) in [6, 6.07) is 4.66. The Bertz CT molecular complexity index is 704. The molecule has 1 aliphatic heterocycles. The van der Waals surface area contributed by atoms with Crippen molar-refractivity contribution in [1.82, 2.24) is 4.31 Å². The van der Waals surface area contributed by atoms with Crippen LogP contribution >= 0.6 is 12.4 Å². The topological polar surface area (TPSA) is 102 Å². The van der Waals surface area contributed by atoms with E-state index in [4.69, 9.17) is 10.5 Å². The minimum atomic E-state index is -3.64. The van der Waals surface area contributed by atoms with Crippen LogP contribution in [0.4, 0.5) is 5.69 Å². The third-order valence-corrected chi connectivity index (χ3v) is 5.96. The Labute approximate surface area is 161 Å². The smallest absolute Gasteiger partial charge is 0.246 e. The van der Waals surface area contributed by atoms with Gasteiger partial charge in [0.1, 0.15) is 10.6 Å². The minimum absolute atomic E-state index is 0. The number of nitrogens with one attached hydrogen (secondary N) is 1. The molecular weight excluding hydrogens is 378 g/mol. The van der Waals surface area contributed by atoms with E-state index < -0.39 is 10.0 Å². The Kier molecular flexibility index (Phi) is 8.82. The Hall–Kier alpha value is -1.35. The van der Waals surface area contributed by atoms with Crippen LogP contribution in [0.25, 0.3) is 0 Å². The number of carbonyl (C=O) groups is 1. The highest BCUT2D eigenvalue weighted by atomic mass is 35.5. The molecule has 0 saturated carbocycles. The van der Waals surface area contributed by atoms with Gasteiger partial charge < -0.3 is 15.8 Å². The molecule has 2 rings (SSSR count). The highest BCUT2D eigenvalue weighted by Gasteiger charge is 2.30. The lowest BCUT2D eigenvalue weighted by Gasteiger charge is -2.19. The standard InChI is InChI=1S/C17H27N3O4S.ClH/c1-3-24-15-8-7-14(19-17(21)9-6-13(2)18)12-16(15)25(22,23)20-10-4-5-11-20;/h7-8,12-13H,3-6,9-11,18H2,1-2H3,(H,19,21);1H. The van der Waals surface area contributed by atoms with Crippen molar-refractivity contribution < 1.29 is 17.9 Å². The third-order valence-electron chi connectivity index (χ3n) is 4.04. The van der Waals surface area contributed by atoms with E-state index in [1.54, 1.807) is 19.1 Å². The second-order valence-corrected chi connectivity index (χ2v) is 8.18. The van der Waals surface area contributed by atoms with Crippen LogP contribution in [0.2, 0.25) is 0 Å². The van der Waals surface area contributed by atoms with Crippen LogP contribution in [-0.4, -0.2) is 44.4 Å². The first-order valence-corrected chi connectivity index (χ1v) is 10.1. The second kappa shape index (κ2) is 10.1. The van der Waals surface area contributed by atoms with Crippen LogP contribution in [-0.2, 0) is 14.8 Å². The maximum atomic E-state index is 12.9. The van der Waals surface area contributed by atoms with Crippen molar-refractivity contribution in [2.45, 2.75) is 50.5 Å². The van der Waals surface area contributed by atoms with Gasteiger partial charge in [-0.05, 0) is 51.3 Å². The molecule has 1 unspecified atom stereocenters. The van der Waals surface area contributed by atoms with Gasteiger partial charge >= 0.3 is 0 Å². The fourth-order valence-corrected chi connectivity index (χ4v) is 4.39. The van der Waals surface area contributed by atoms with Gasteiger partial charge in [0.05, 0.1) is 6.61 Å². The summed E-state index contributed by atoms with van der Waals surface area (Å²) in [5, 5.41) is 2.74. The van der Waals surface area contributed by atoms with E-state index in [2.05, 4.69) is 5.32 Å². The molecule has 0 radical (unpaired) electrons. The summed E-state index contributed by atoms with van der Waals surface area (Å²) >= 11 is 0. The van der Waals surface area contributed by atoms with Crippen molar-refractivity contribution in [1.29, 1.82) is 0 Å². The van der Waals surface area contributed by atoms with E-state index in [1.807, 2.05) is 6.92 Å². The number of ether oxygens (including phenoxy) is 1. The molecule has 0 spiro atoms. The van der Waals surface area contributed by atoms with Gasteiger partial charge in [0, 0.05) is 31.2 Å². The lowest BCUT2D eigenvalue weighted by Crippen LogP contribution is -2.28. The lowest BCUT2D eigenvalue weighted by atomic mass is 10.2. The fraction of sp³-hybridized carbons (Fsp3) is 0.588. The first-order valence-electron chi connectivity index (χ1n) is 8.67. The average molecular weight is 406 g/mol. The van der Waals surface area contributed by atoms with Gasteiger partial charge in [-0.1, -0.05) is 0 Å². The number of hydrogen-bond donors (Lipinski definition) is 2. The van der Waals surface area contributed by atoms with E-state index in [0.29, 0.717) is 44.0 Å². The first-order chi connectivity index (χ1) is 11.8. The minimum Gasteiger partial charge on any atom is -0.492 e. The highest BCUT2D eigenvalue weighted by Crippen LogP contribution is 2.31. The third kappa shape index (κ3) is 5.84. The van der Waals surface area contributed by atoms with E-state index in [1.165, 1.54) is 10.4 Å². The predicted molar refractivity (Wildman–Crippen MR) is 104 cm³/mol. The maximum Gasteiger partial charge on any atom is 0.246 e. The summed E-state index contributed by atoms with van der Waals surface area (Å²) in [4.78, 5) is 12.1. The molecule has 1 aromatic carbocycles. The molecule has 1 heterocycles. The molecule has 7 nitrogen and oxygen atoms in total. The zero-order valence-corrected chi connectivity index (χ0v) is 16.9. The molecule has 1 aliphatic rings. The number of benzene rings is 1. The molecule has 1 aromatic rings. The molecule has 148 valence electrons. The van der Waals surface area contributed by atoms with Crippen molar-refractivity contribution in [3.63, 3.8) is 0 Å². The van der Waals surface area contributed by atoms with Gasteiger partial charge in [-0.3, -0.25) is 4.79 Å². The Morgan fingerprint density at radius 3 is 2.58 bits per heavy atom. The molecule has 1 amide bonds. The first kappa shape index (κ1) is 22.7. The van der Waals surface area contributed by atoms with Crippen LogP contribution in [0.3, 0.4) is 0 Å². The molecule has 0 aromatic heterocycles. The Morgan fingerprint density at radius 2 is 2.00 bits per heavy atom. The summed E-state index contributed by atoms with van der Waals surface area (Å²) in [5.41, 5.74) is 6.10. The largest absolute Gasteiger partial charge is 0.492 e. The summed E-state index contributed by atoms with van der Waals surface area (Å²) in [5.74, 6) is 0.119. The lowest BCUT2D eigenvalue weighted by molar-refractivity contribution is -0.116. The van der Waals surface area contributed by atoms with E-state index in [-0.39, 0.29) is 29.3 Å². The molecule has 1 fully saturated rings. The number of sulfonamides is 1. The zero-order chi connectivity index (χ0) is 18.4. The van der Waals surface area contributed by atoms with Gasteiger partial charge in [0.15, 0.2) is 0 Å². The van der Waals surface area contributed by atoms with Crippen molar-refractivity contribution in [2.75, 3.05) is 25.0 Å². The number of anilines is 1. The van der Waals surface area contributed by atoms with Gasteiger partial charge in [0.25, 0.3) is 0 Å². The van der Waals surface area contributed by atoms with Crippen LogP contribution in [0.1, 0.15) is 39.5 Å². The number of carbonyl (C=O) groups excluding carboxylic acids is 1. The van der Waals surface area contributed by atoms with Crippen LogP contribution < -0.4 is 15.8 Å². The summed E-state index contributed by atoms with van der Waals surface area (Å²) in [7, 11) is -3.64. The van der Waals surface area contributed by atoms with Crippen LogP contribution in [0, 0.1) is 0 Å². The summed E-state index contributed by atoms with van der Waals surface area (Å²) < 4.78 is 32.8. The number of nitrogens with two attached hydrogens (primary N) is 1. The van der Waals surface area contributed by atoms with Crippen molar-refractivity contribution >= 4 is 34.0 Å². The normalized spacial score (nSPS) is 16.0. The predicted octanol–water partition coefficient (Wildman–Crippen LogP) is 2.36. The number of hydrogen-bond acceptors (Lipinski definition) is 5. The van der Waals surface area contributed by atoms with E-state index in [0.717, 1.165) is 12.8 Å². The number of halogens is 1. The molecule has 26 heavy (non-hydrogen) atoms. The van der Waals surface area contributed by atoms with E-state index >= 15 is 0 Å². The Morgan fingerprint density at radius 1 is 1.35 bits per heavy atom. The van der Waals surface area contributed by atoms with Gasteiger partial charge in [-0.25, -0.2) is 8.42 Å². The Balaban J connectivity index is 0.00000338. The quantitative estimate of drug-likeness (QED) is 0.691. The maximum absolute atomic E-state index is 12.9. The molecule has 1 atom stereocenters. The number of amides is 1. The van der Waals surface area contributed by atoms with Crippen molar-refractivity contribution in [3.8, 4) is 5.75 Å². The van der Waals surface area contributed by atoms with Gasteiger partial charge in [-0.2, -0.15) is 4.31 Å². The molecule has 3 N–H and O–H groups in total. The molecule has 0 bridgehead atoms. The van der Waals surface area contributed by atoms with Gasteiger partial charge in [-0.15, -0.1) is 12.4 Å². The zero-order valence-electron chi connectivity index (χ0n) is 15.2. The van der Waals surface area contributed by atoms with E-state index in [9.17, 15) is 13.2 Å². The average Bonchev–Trinajstić information content (AvgIpc) is 3.10. The summed E-state index contributed by atoms with van der Waals surface area (Å²) in [6.07, 6.45) is 2.58. The SMILES string of the molecule is CCOc1ccc(NC(=O)CCC(C)N)cc1S(=O)(=O)N1CCCC1.Cl.